The van der Waals surface area contributed by atoms with Crippen molar-refractivity contribution in [1.29, 1.82) is 0 Å². The van der Waals surface area contributed by atoms with Gasteiger partial charge in [-0.3, -0.25) is 28.8 Å². The monoisotopic (exact) mass is 726 g/mol. The molecule has 0 saturated carbocycles. The maximum absolute atomic E-state index is 13.4. The molecule has 0 heterocycles. The number of amides is 4. The molecule has 4 atom stereocenters. The molecular weight excluding hydrogens is 654 g/mol. The smallest absolute Gasteiger partial charge is 0.222 e. The van der Waals surface area contributed by atoms with Gasteiger partial charge in [-0.05, 0) is 127 Å². The molecular formula is C36H71N9O6. The standard InChI is InChI=1S/C36H71N9O6/c1-26(46)20-32(21-27(2)47)45-36(51)25-31(15-11-19-40-6)44-35(50)24-30(14-10-18-39-5)43-34(49)23-29(13-9-17-38-4)42-33(48)22-28(41-7)12-8-16-37-3/h28-32,37-41H,8-25H2,1-7H3,(H,42,48)(H,43,49)(H,44,50)(H,45,51). The molecule has 0 saturated heterocycles. The maximum atomic E-state index is 13.4. The molecule has 51 heavy (non-hydrogen) atoms. The summed E-state index contributed by atoms with van der Waals surface area (Å²) in [5.74, 6) is -1.23. The Morgan fingerprint density at radius 2 is 0.627 bits per heavy atom. The topological polar surface area (TPSA) is 211 Å². The van der Waals surface area contributed by atoms with Crippen molar-refractivity contribution in [2.45, 2.75) is 134 Å². The Labute approximate surface area is 306 Å². The number of ketones is 2. The van der Waals surface area contributed by atoms with Crippen LogP contribution in [0.2, 0.25) is 0 Å². The summed E-state index contributed by atoms with van der Waals surface area (Å²) in [6, 6.07) is -1.81. The summed E-state index contributed by atoms with van der Waals surface area (Å²) in [6.07, 6.45) is 6.33. The molecule has 4 unspecified atom stereocenters. The van der Waals surface area contributed by atoms with E-state index in [1.54, 1.807) is 0 Å². The fraction of sp³-hybridized carbons (Fsp3) is 0.833. The number of hydrogen-bond donors (Lipinski definition) is 9. The Morgan fingerprint density at radius 3 is 0.882 bits per heavy atom. The van der Waals surface area contributed by atoms with Crippen LogP contribution in [0.3, 0.4) is 0 Å². The van der Waals surface area contributed by atoms with E-state index in [0.717, 1.165) is 38.8 Å². The van der Waals surface area contributed by atoms with Crippen molar-refractivity contribution in [3.63, 3.8) is 0 Å². The van der Waals surface area contributed by atoms with Crippen molar-refractivity contribution in [2.24, 2.45) is 0 Å². The van der Waals surface area contributed by atoms with Crippen LogP contribution < -0.4 is 47.9 Å². The van der Waals surface area contributed by atoms with Crippen molar-refractivity contribution in [3.05, 3.63) is 0 Å². The van der Waals surface area contributed by atoms with Crippen molar-refractivity contribution >= 4 is 35.2 Å². The van der Waals surface area contributed by atoms with Gasteiger partial charge in [0.05, 0.1) is 0 Å². The number of carbonyl (C=O) groups excluding carboxylic acids is 6. The normalized spacial score (nSPS) is 13.6. The van der Waals surface area contributed by atoms with Crippen LogP contribution in [0.15, 0.2) is 0 Å². The molecule has 0 aromatic heterocycles. The number of nitrogens with one attached hydrogen (secondary N) is 9. The number of Topliss-reactive ketones (excluding diaryl/α,β-unsaturated/α-hetero) is 2. The summed E-state index contributed by atoms with van der Waals surface area (Å²) < 4.78 is 0. The van der Waals surface area contributed by atoms with Gasteiger partial charge in [-0.15, -0.1) is 0 Å². The Bertz CT molecular complexity index is 1000. The molecule has 15 nitrogen and oxygen atoms in total. The average Bonchev–Trinajstić information content (AvgIpc) is 3.03. The highest BCUT2D eigenvalue weighted by Crippen LogP contribution is 2.11. The highest BCUT2D eigenvalue weighted by atomic mass is 16.2. The van der Waals surface area contributed by atoms with E-state index in [-0.39, 0.29) is 79.4 Å². The molecule has 0 aromatic carbocycles. The third kappa shape index (κ3) is 27.4. The fourth-order valence-corrected chi connectivity index (χ4v) is 6.03. The third-order valence-corrected chi connectivity index (χ3v) is 8.58. The molecule has 9 N–H and O–H groups in total. The van der Waals surface area contributed by atoms with Gasteiger partial charge in [0.2, 0.25) is 23.6 Å². The van der Waals surface area contributed by atoms with E-state index in [2.05, 4.69) is 47.9 Å². The van der Waals surface area contributed by atoms with Gasteiger partial charge in [0.15, 0.2) is 0 Å². The molecule has 0 aliphatic carbocycles. The van der Waals surface area contributed by atoms with E-state index in [1.165, 1.54) is 13.8 Å². The number of carbonyl (C=O) groups is 6. The first-order valence-corrected chi connectivity index (χ1v) is 18.8. The van der Waals surface area contributed by atoms with Crippen LogP contribution in [0.5, 0.6) is 0 Å². The second-order valence-corrected chi connectivity index (χ2v) is 13.7. The SMILES string of the molecule is CNCCCC(CC(=O)NC(CCCNC)CC(=O)NC(CCCNC)CC(=O)NC(CCCNC)CC(=O)NC(CC(C)=O)CC(C)=O)NC. The summed E-state index contributed by atoms with van der Waals surface area (Å²) >= 11 is 0. The van der Waals surface area contributed by atoms with Crippen molar-refractivity contribution in [2.75, 3.05) is 61.4 Å². The van der Waals surface area contributed by atoms with E-state index >= 15 is 0 Å². The zero-order valence-electron chi connectivity index (χ0n) is 32.6. The molecule has 296 valence electrons. The van der Waals surface area contributed by atoms with Gasteiger partial charge in [0.25, 0.3) is 0 Å². The lowest BCUT2D eigenvalue weighted by Crippen LogP contribution is -2.46. The first-order valence-electron chi connectivity index (χ1n) is 18.8. The second kappa shape index (κ2) is 30.6. The Hall–Kier alpha value is -2.98. The first kappa shape index (κ1) is 48.0. The lowest BCUT2D eigenvalue weighted by atomic mass is 10.0. The van der Waals surface area contributed by atoms with Gasteiger partial charge in [-0.25, -0.2) is 0 Å². The molecule has 0 aliphatic heterocycles. The third-order valence-electron chi connectivity index (χ3n) is 8.58. The second-order valence-electron chi connectivity index (χ2n) is 13.7. The first-order chi connectivity index (χ1) is 24.4. The minimum atomic E-state index is -0.590. The molecule has 15 heteroatoms. The highest BCUT2D eigenvalue weighted by molar-refractivity contribution is 5.84. The van der Waals surface area contributed by atoms with Gasteiger partial charge >= 0.3 is 0 Å². The predicted molar refractivity (Wildman–Crippen MR) is 202 cm³/mol. The van der Waals surface area contributed by atoms with Gasteiger partial charge in [0, 0.05) is 68.7 Å². The van der Waals surface area contributed by atoms with Crippen LogP contribution in [-0.4, -0.2) is 127 Å². The van der Waals surface area contributed by atoms with Crippen molar-refractivity contribution in [1.82, 2.24) is 47.9 Å². The van der Waals surface area contributed by atoms with Gasteiger partial charge in [-0.2, -0.15) is 0 Å². The van der Waals surface area contributed by atoms with E-state index in [9.17, 15) is 28.8 Å². The van der Waals surface area contributed by atoms with Crippen LogP contribution in [0, 0.1) is 0 Å². The summed E-state index contributed by atoms with van der Waals surface area (Å²) in [7, 11) is 9.28. The zero-order valence-corrected chi connectivity index (χ0v) is 32.6. The highest BCUT2D eigenvalue weighted by Gasteiger charge is 2.24. The molecule has 0 bridgehead atoms. The van der Waals surface area contributed by atoms with Crippen LogP contribution in [0.25, 0.3) is 0 Å². The van der Waals surface area contributed by atoms with Gasteiger partial charge < -0.3 is 47.9 Å². The quantitative estimate of drug-likeness (QED) is 0.0412. The molecule has 0 aliphatic rings. The Kier molecular flexibility index (Phi) is 28.8. The van der Waals surface area contributed by atoms with Crippen LogP contribution >= 0.6 is 0 Å². The predicted octanol–water partition coefficient (Wildman–Crippen LogP) is 0.0306. The maximum Gasteiger partial charge on any atom is 0.222 e. The van der Waals surface area contributed by atoms with Crippen LogP contribution in [0.1, 0.15) is 104 Å². The van der Waals surface area contributed by atoms with Crippen LogP contribution in [0.4, 0.5) is 0 Å². The van der Waals surface area contributed by atoms with Crippen LogP contribution in [-0.2, 0) is 28.8 Å². The molecule has 0 aromatic rings. The summed E-state index contributed by atoms with van der Waals surface area (Å²) in [5, 5.41) is 27.6. The molecule has 0 spiro atoms. The Morgan fingerprint density at radius 1 is 0.373 bits per heavy atom. The van der Waals surface area contributed by atoms with Gasteiger partial charge in [-0.1, -0.05) is 0 Å². The lowest BCUT2D eigenvalue weighted by Gasteiger charge is -2.25. The fourth-order valence-electron chi connectivity index (χ4n) is 6.03. The molecule has 0 radical (unpaired) electrons. The number of rotatable bonds is 33. The number of hydrogen-bond acceptors (Lipinski definition) is 11. The zero-order chi connectivity index (χ0) is 38.4. The van der Waals surface area contributed by atoms with Crippen molar-refractivity contribution < 1.29 is 28.8 Å². The molecule has 0 rings (SSSR count). The lowest BCUT2D eigenvalue weighted by molar-refractivity contribution is -0.126. The Balaban J connectivity index is 5.58. The van der Waals surface area contributed by atoms with E-state index in [1.807, 2.05) is 35.2 Å². The summed E-state index contributed by atoms with van der Waals surface area (Å²) in [6.45, 7) is 5.88. The summed E-state index contributed by atoms with van der Waals surface area (Å²) in [5.41, 5.74) is 0. The average molecular weight is 726 g/mol. The minimum Gasteiger partial charge on any atom is -0.353 e. The van der Waals surface area contributed by atoms with E-state index in [4.69, 9.17) is 0 Å². The van der Waals surface area contributed by atoms with E-state index in [0.29, 0.717) is 45.2 Å². The van der Waals surface area contributed by atoms with E-state index < -0.39 is 18.1 Å². The molecule has 4 amide bonds. The van der Waals surface area contributed by atoms with Gasteiger partial charge in [0.1, 0.15) is 11.6 Å². The minimum absolute atomic E-state index is 0.00353. The largest absolute Gasteiger partial charge is 0.353 e. The summed E-state index contributed by atoms with van der Waals surface area (Å²) in [4.78, 5) is 76.2. The molecule has 0 fully saturated rings. The van der Waals surface area contributed by atoms with Crippen molar-refractivity contribution in [3.8, 4) is 0 Å².